The molecule has 1 N–H and O–H groups in total. The van der Waals surface area contributed by atoms with Gasteiger partial charge in [0.2, 0.25) is 0 Å². The molecule has 2 atom stereocenters. The summed E-state index contributed by atoms with van der Waals surface area (Å²) in [6, 6.07) is 5.20. The number of rotatable bonds is 4. The van der Waals surface area contributed by atoms with Crippen molar-refractivity contribution < 1.29 is 13.9 Å². The summed E-state index contributed by atoms with van der Waals surface area (Å²) in [6.07, 6.45) is 1.09. The van der Waals surface area contributed by atoms with Crippen molar-refractivity contribution in [1.82, 2.24) is 5.32 Å². The topological polar surface area (TPSA) is 30.5 Å². The number of methoxy groups -OCH3 is 1. The van der Waals surface area contributed by atoms with E-state index in [-0.39, 0.29) is 23.2 Å². The number of hydrogen-bond donors (Lipinski definition) is 1. The molecule has 1 fully saturated rings. The Bertz CT molecular complexity index is 424. The lowest BCUT2D eigenvalue weighted by molar-refractivity contribution is 0.0880. The lowest BCUT2D eigenvalue weighted by atomic mass is 9.94. The maximum atomic E-state index is 14.0. The molecule has 0 spiro atoms. The smallest absolute Gasteiger partial charge is 0.169 e. The third kappa shape index (κ3) is 2.49. The Morgan fingerprint density at radius 1 is 1.56 bits per heavy atom. The van der Waals surface area contributed by atoms with E-state index >= 15 is 0 Å². The van der Waals surface area contributed by atoms with Crippen LogP contribution in [0.3, 0.4) is 0 Å². The average Bonchev–Trinajstić information content (AvgIpc) is 2.69. The molecular formula is C14H20FNO2. The minimum atomic E-state index is -0.289. The van der Waals surface area contributed by atoms with Gasteiger partial charge in [0.15, 0.2) is 11.6 Å². The second kappa shape index (κ2) is 5.24. The molecule has 0 saturated carbocycles. The second-order valence-electron chi connectivity index (χ2n) is 4.97. The van der Waals surface area contributed by atoms with E-state index in [0.29, 0.717) is 12.1 Å². The van der Waals surface area contributed by atoms with Crippen molar-refractivity contribution in [1.29, 1.82) is 0 Å². The summed E-state index contributed by atoms with van der Waals surface area (Å²) in [4.78, 5) is 0. The van der Waals surface area contributed by atoms with Gasteiger partial charge in [0.25, 0.3) is 0 Å². The fourth-order valence-corrected chi connectivity index (χ4v) is 2.21. The van der Waals surface area contributed by atoms with E-state index in [0.717, 1.165) is 13.0 Å². The number of halogens is 1. The van der Waals surface area contributed by atoms with Gasteiger partial charge in [0.1, 0.15) is 0 Å². The minimum absolute atomic E-state index is 0.0878. The van der Waals surface area contributed by atoms with E-state index in [1.165, 1.54) is 7.11 Å². The molecule has 1 heterocycles. The highest BCUT2D eigenvalue weighted by Gasteiger charge is 2.36. The SMILES string of the molecule is COc1cccc(CNC2(C)CCOC2C)c1F. The van der Waals surface area contributed by atoms with Crippen molar-refractivity contribution in [3.63, 3.8) is 0 Å². The molecule has 1 aliphatic rings. The first-order chi connectivity index (χ1) is 8.57. The Labute approximate surface area is 107 Å². The summed E-state index contributed by atoms with van der Waals surface area (Å²) in [5.41, 5.74) is 0.532. The van der Waals surface area contributed by atoms with Crippen LogP contribution in [0.1, 0.15) is 25.8 Å². The van der Waals surface area contributed by atoms with E-state index in [1.807, 2.05) is 6.92 Å². The maximum Gasteiger partial charge on any atom is 0.169 e. The molecule has 0 bridgehead atoms. The van der Waals surface area contributed by atoms with Crippen molar-refractivity contribution in [3.8, 4) is 5.75 Å². The Kier molecular flexibility index (Phi) is 3.88. The van der Waals surface area contributed by atoms with Gasteiger partial charge in [-0.1, -0.05) is 12.1 Å². The van der Waals surface area contributed by atoms with Crippen molar-refractivity contribution in [3.05, 3.63) is 29.6 Å². The van der Waals surface area contributed by atoms with Gasteiger partial charge in [-0.2, -0.15) is 0 Å². The van der Waals surface area contributed by atoms with Crippen LogP contribution in [0.4, 0.5) is 4.39 Å². The predicted octanol–water partition coefficient (Wildman–Crippen LogP) is 2.49. The third-order valence-corrected chi connectivity index (χ3v) is 3.83. The summed E-state index contributed by atoms with van der Waals surface area (Å²) in [7, 11) is 1.48. The van der Waals surface area contributed by atoms with E-state index in [1.54, 1.807) is 18.2 Å². The molecule has 100 valence electrons. The van der Waals surface area contributed by atoms with Crippen LogP contribution >= 0.6 is 0 Å². The molecule has 18 heavy (non-hydrogen) atoms. The zero-order chi connectivity index (χ0) is 13.2. The van der Waals surface area contributed by atoms with Gasteiger partial charge in [-0.25, -0.2) is 4.39 Å². The van der Waals surface area contributed by atoms with Gasteiger partial charge in [0.05, 0.1) is 13.2 Å². The van der Waals surface area contributed by atoms with Crippen molar-refractivity contribution in [2.24, 2.45) is 0 Å². The molecule has 2 rings (SSSR count). The van der Waals surface area contributed by atoms with E-state index in [9.17, 15) is 4.39 Å². The molecule has 1 aromatic carbocycles. The molecule has 1 aromatic rings. The molecule has 1 saturated heterocycles. The van der Waals surface area contributed by atoms with Gasteiger partial charge >= 0.3 is 0 Å². The van der Waals surface area contributed by atoms with Crippen LogP contribution in [0.25, 0.3) is 0 Å². The first-order valence-electron chi connectivity index (χ1n) is 6.25. The third-order valence-electron chi connectivity index (χ3n) is 3.83. The monoisotopic (exact) mass is 253 g/mol. The van der Waals surface area contributed by atoms with Crippen LogP contribution in [0, 0.1) is 5.82 Å². The number of nitrogens with one attached hydrogen (secondary N) is 1. The lowest BCUT2D eigenvalue weighted by Crippen LogP contribution is -2.47. The van der Waals surface area contributed by atoms with Gasteiger partial charge in [0, 0.05) is 24.3 Å². The molecule has 0 aliphatic carbocycles. The fourth-order valence-electron chi connectivity index (χ4n) is 2.21. The summed E-state index contributed by atoms with van der Waals surface area (Å²) in [5.74, 6) is -0.00200. The summed E-state index contributed by atoms with van der Waals surface area (Å²) in [5, 5.41) is 3.40. The van der Waals surface area contributed by atoms with Crippen LogP contribution in [0.2, 0.25) is 0 Å². The quantitative estimate of drug-likeness (QED) is 0.894. The molecule has 0 aromatic heterocycles. The summed E-state index contributed by atoms with van der Waals surface area (Å²) < 4.78 is 24.5. The largest absolute Gasteiger partial charge is 0.494 e. The molecule has 2 unspecified atom stereocenters. The number of hydrogen-bond acceptors (Lipinski definition) is 3. The van der Waals surface area contributed by atoms with Gasteiger partial charge in [-0.05, 0) is 26.3 Å². The van der Waals surface area contributed by atoms with Crippen molar-refractivity contribution in [2.75, 3.05) is 13.7 Å². The van der Waals surface area contributed by atoms with Crippen LogP contribution in [-0.4, -0.2) is 25.4 Å². The highest BCUT2D eigenvalue weighted by molar-refractivity contribution is 5.31. The molecular weight excluding hydrogens is 233 g/mol. The molecule has 0 radical (unpaired) electrons. The van der Waals surface area contributed by atoms with E-state index in [4.69, 9.17) is 9.47 Å². The van der Waals surface area contributed by atoms with Crippen molar-refractivity contribution in [2.45, 2.75) is 38.5 Å². The highest BCUT2D eigenvalue weighted by atomic mass is 19.1. The van der Waals surface area contributed by atoms with E-state index < -0.39 is 0 Å². The van der Waals surface area contributed by atoms with Gasteiger partial charge in [-0.3, -0.25) is 0 Å². The first-order valence-corrected chi connectivity index (χ1v) is 6.25. The standard InChI is InChI=1S/C14H20FNO2/c1-10-14(2,7-8-18-10)16-9-11-5-4-6-12(17-3)13(11)15/h4-6,10,16H,7-9H2,1-3H3. The summed E-state index contributed by atoms with van der Waals surface area (Å²) >= 11 is 0. The Morgan fingerprint density at radius 3 is 2.94 bits per heavy atom. The number of benzene rings is 1. The Morgan fingerprint density at radius 2 is 2.33 bits per heavy atom. The Balaban J connectivity index is 2.06. The zero-order valence-corrected chi connectivity index (χ0v) is 11.1. The van der Waals surface area contributed by atoms with Crippen LogP contribution in [0.5, 0.6) is 5.75 Å². The predicted molar refractivity (Wildman–Crippen MR) is 68.2 cm³/mol. The van der Waals surface area contributed by atoms with Gasteiger partial charge in [-0.15, -0.1) is 0 Å². The fraction of sp³-hybridized carbons (Fsp3) is 0.571. The molecule has 3 nitrogen and oxygen atoms in total. The Hall–Kier alpha value is -1.13. The lowest BCUT2D eigenvalue weighted by Gasteiger charge is -2.29. The highest BCUT2D eigenvalue weighted by Crippen LogP contribution is 2.26. The van der Waals surface area contributed by atoms with Crippen LogP contribution in [-0.2, 0) is 11.3 Å². The van der Waals surface area contributed by atoms with Crippen molar-refractivity contribution >= 4 is 0 Å². The first kappa shape index (κ1) is 13.3. The summed E-state index contributed by atoms with van der Waals surface area (Å²) in [6.45, 7) is 5.39. The maximum absolute atomic E-state index is 14.0. The zero-order valence-electron chi connectivity index (χ0n) is 11.1. The normalized spacial score (nSPS) is 27.4. The minimum Gasteiger partial charge on any atom is -0.494 e. The van der Waals surface area contributed by atoms with Crippen LogP contribution < -0.4 is 10.1 Å². The average molecular weight is 253 g/mol. The molecule has 0 amide bonds. The number of ether oxygens (including phenoxy) is 2. The van der Waals surface area contributed by atoms with E-state index in [2.05, 4.69) is 12.2 Å². The molecule has 4 heteroatoms. The second-order valence-corrected chi connectivity index (χ2v) is 4.97. The molecule has 1 aliphatic heterocycles. The van der Waals surface area contributed by atoms with Crippen LogP contribution in [0.15, 0.2) is 18.2 Å². The van der Waals surface area contributed by atoms with Gasteiger partial charge < -0.3 is 14.8 Å².